The van der Waals surface area contributed by atoms with Gasteiger partial charge in [0, 0.05) is 11.8 Å². The molecule has 0 aliphatic heterocycles. The van der Waals surface area contributed by atoms with Crippen LogP contribution in [0.3, 0.4) is 0 Å². The van der Waals surface area contributed by atoms with Crippen molar-refractivity contribution in [1.29, 1.82) is 5.26 Å². The Bertz CT molecular complexity index is 391. The van der Waals surface area contributed by atoms with Gasteiger partial charge < -0.3 is 14.9 Å². The Morgan fingerprint density at radius 2 is 2.27 bits per heavy atom. The van der Waals surface area contributed by atoms with Crippen molar-refractivity contribution in [3.8, 4) is 11.9 Å². The molecule has 1 aromatic rings. The number of rotatable bonds is 3. The van der Waals surface area contributed by atoms with Crippen molar-refractivity contribution in [1.82, 2.24) is 4.98 Å². The van der Waals surface area contributed by atoms with Crippen LogP contribution in [0.15, 0.2) is 12.3 Å². The maximum Gasteiger partial charge on any atom is 0.219 e. The Kier molecular flexibility index (Phi) is 3.86. The minimum absolute atomic E-state index is 0.126. The van der Waals surface area contributed by atoms with E-state index in [0.29, 0.717) is 0 Å². The van der Waals surface area contributed by atoms with E-state index in [1.807, 2.05) is 0 Å². The molecule has 15 heavy (non-hydrogen) atoms. The molecule has 0 aliphatic carbocycles. The van der Waals surface area contributed by atoms with Crippen molar-refractivity contribution in [2.75, 3.05) is 7.11 Å². The highest BCUT2D eigenvalue weighted by Crippen LogP contribution is 2.27. The summed E-state index contributed by atoms with van der Waals surface area (Å²) >= 11 is 5.67. The number of aliphatic hydroxyl groups excluding tert-OH is 2. The van der Waals surface area contributed by atoms with Crippen LogP contribution >= 0.6 is 11.6 Å². The average molecular weight is 229 g/mol. The molecule has 1 rings (SSSR count). The highest BCUT2D eigenvalue weighted by Gasteiger charge is 2.22. The zero-order chi connectivity index (χ0) is 11.4. The standard InChI is InChI=1S/C9H9ClN2O3/c1-15-9-6(2-5(10)4-12-9)8(14)7(13)3-11/h2,4,7-8,13-14H,1H3. The average Bonchev–Trinajstić information content (AvgIpc) is 2.27. The van der Waals surface area contributed by atoms with Gasteiger partial charge in [-0.05, 0) is 6.07 Å². The van der Waals surface area contributed by atoms with E-state index in [2.05, 4.69) is 4.98 Å². The number of pyridine rings is 1. The lowest BCUT2D eigenvalue weighted by atomic mass is 10.1. The monoisotopic (exact) mass is 228 g/mol. The van der Waals surface area contributed by atoms with Crippen LogP contribution in [0.25, 0.3) is 0 Å². The minimum Gasteiger partial charge on any atom is -0.481 e. The van der Waals surface area contributed by atoms with E-state index in [1.165, 1.54) is 25.4 Å². The summed E-state index contributed by atoms with van der Waals surface area (Å²) in [5.41, 5.74) is 0.180. The molecule has 1 aromatic heterocycles. The van der Waals surface area contributed by atoms with Crippen molar-refractivity contribution in [3.63, 3.8) is 0 Å². The molecule has 0 radical (unpaired) electrons. The molecular formula is C9H9ClN2O3. The molecule has 0 saturated carbocycles. The molecule has 6 heteroatoms. The molecular weight excluding hydrogens is 220 g/mol. The molecule has 2 atom stereocenters. The number of halogens is 1. The second kappa shape index (κ2) is 4.94. The van der Waals surface area contributed by atoms with Gasteiger partial charge in [0.15, 0.2) is 6.10 Å². The Morgan fingerprint density at radius 3 is 2.80 bits per heavy atom. The Morgan fingerprint density at radius 1 is 1.60 bits per heavy atom. The molecule has 80 valence electrons. The van der Waals surface area contributed by atoms with E-state index >= 15 is 0 Å². The van der Waals surface area contributed by atoms with Crippen LogP contribution in [0.4, 0.5) is 0 Å². The SMILES string of the molecule is COc1ncc(Cl)cc1C(O)C(O)C#N. The Labute approximate surface area is 91.5 Å². The summed E-state index contributed by atoms with van der Waals surface area (Å²) in [6.45, 7) is 0. The van der Waals surface area contributed by atoms with E-state index in [0.717, 1.165) is 0 Å². The van der Waals surface area contributed by atoms with Crippen LogP contribution in [0.1, 0.15) is 11.7 Å². The first-order valence-electron chi connectivity index (χ1n) is 4.05. The molecule has 0 amide bonds. The highest BCUT2D eigenvalue weighted by atomic mass is 35.5. The molecule has 0 saturated heterocycles. The molecule has 0 bridgehead atoms. The lowest BCUT2D eigenvalue weighted by Crippen LogP contribution is -2.17. The number of hydrogen-bond acceptors (Lipinski definition) is 5. The van der Waals surface area contributed by atoms with Gasteiger partial charge >= 0.3 is 0 Å². The lowest BCUT2D eigenvalue weighted by Gasteiger charge is -2.14. The molecule has 0 aromatic carbocycles. The van der Waals surface area contributed by atoms with Gasteiger partial charge in [0.1, 0.15) is 6.10 Å². The molecule has 0 spiro atoms. The summed E-state index contributed by atoms with van der Waals surface area (Å²) in [4.78, 5) is 3.80. The smallest absolute Gasteiger partial charge is 0.219 e. The summed E-state index contributed by atoms with van der Waals surface area (Å²) in [6.07, 6.45) is -1.59. The van der Waals surface area contributed by atoms with Gasteiger partial charge in [0.25, 0.3) is 0 Å². The summed E-state index contributed by atoms with van der Waals surface area (Å²) in [5, 5.41) is 27.5. The van der Waals surface area contributed by atoms with Crippen molar-refractivity contribution in [3.05, 3.63) is 22.8 Å². The van der Waals surface area contributed by atoms with Crippen LogP contribution in [0, 0.1) is 11.3 Å². The predicted octanol–water partition coefficient (Wildman–Crippen LogP) is 0.661. The van der Waals surface area contributed by atoms with Gasteiger partial charge in [-0.15, -0.1) is 0 Å². The van der Waals surface area contributed by atoms with Crippen molar-refractivity contribution >= 4 is 11.6 Å². The second-order valence-electron chi connectivity index (χ2n) is 2.77. The maximum atomic E-state index is 9.57. The third kappa shape index (κ3) is 2.57. The van der Waals surface area contributed by atoms with Crippen molar-refractivity contribution in [2.45, 2.75) is 12.2 Å². The van der Waals surface area contributed by atoms with Gasteiger partial charge in [-0.3, -0.25) is 0 Å². The van der Waals surface area contributed by atoms with Crippen LogP contribution in [-0.2, 0) is 0 Å². The Balaban J connectivity index is 3.12. The van der Waals surface area contributed by atoms with Crippen LogP contribution < -0.4 is 4.74 Å². The third-order valence-electron chi connectivity index (χ3n) is 1.79. The molecule has 0 aliphatic rings. The van der Waals surface area contributed by atoms with Gasteiger partial charge in [-0.2, -0.15) is 5.26 Å². The first-order chi connectivity index (χ1) is 7.10. The highest BCUT2D eigenvalue weighted by molar-refractivity contribution is 6.30. The maximum absolute atomic E-state index is 9.57. The number of hydrogen-bond donors (Lipinski definition) is 2. The fourth-order valence-electron chi connectivity index (χ4n) is 1.07. The zero-order valence-corrected chi connectivity index (χ0v) is 8.64. The van der Waals surface area contributed by atoms with Gasteiger partial charge in [-0.25, -0.2) is 4.98 Å². The van der Waals surface area contributed by atoms with Crippen LogP contribution in [-0.4, -0.2) is 28.4 Å². The lowest BCUT2D eigenvalue weighted by molar-refractivity contribution is 0.0506. The van der Waals surface area contributed by atoms with Crippen LogP contribution in [0.2, 0.25) is 5.02 Å². The number of methoxy groups -OCH3 is 1. The number of nitriles is 1. The van der Waals surface area contributed by atoms with E-state index in [9.17, 15) is 5.11 Å². The molecule has 5 nitrogen and oxygen atoms in total. The number of aliphatic hydroxyl groups is 2. The number of ether oxygens (including phenoxy) is 1. The van der Waals surface area contributed by atoms with E-state index in [-0.39, 0.29) is 16.5 Å². The number of aromatic nitrogens is 1. The fourth-order valence-corrected chi connectivity index (χ4v) is 1.23. The summed E-state index contributed by atoms with van der Waals surface area (Å²) < 4.78 is 4.87. The summed E-state index contributed by atoms with van der Waals surface area (Å²) in [6, 6.07) is 2.90. The fraction of sp³-hybridized carbons (Fsp3) is 0.333. The second-order valence-corrected chi connectivity index (χ2v) is 3.21. The molecule has 2 N–H and O–H groups in total. The molecule has 1 heterocycles. The zero-order valence-electron chi connectivity index (χ0n) is 7.88. The van der Waals surface area contributed by atoms with Gasteiger partial charge in [0.05, 0.1) is 18.2 Å². The minimum atomic E-state index is -1.54. The number of nitrogens with zero attached hydrogens (tertiary/aromatic N) is 2. The summed E-state index contributed by atoms with van der Waals surface area (Å²) in [5.74, 6) is 0.126. The Hall–Kier alpha value is -1.35. The van der Waals surface area contributed by atoms with E-state index < -0.39 is 12.2 Å². The van der Waals surface area contributed by atoms with E-state index in [4.69, 9.17) is 26.7 Å². The predicted molar refractivity (Wildman–Crippen MR) is 52.4 cm³/mol. The first-order valence-corrected chi connectivity index (χ1v) is 4.43. The topological polar surface area (TPSA) is 86.4 Å². The van der Waals surface area contributed by atoms with Gasteiger partial charge in [-0.1, -0.05) is 11.6 Å². The largest absolute Gasteiger partial charge is 0.481 e. The summed E-state index contributed by atoms with van der Waals surface area (Å²) in [7, 11) is 1.37. The third-order valence-corrected chi connectivity index (χ3v) is 2.00. The van der Waals surface area contributed by atoms with Crippen molar-refractivity contribution < 1.29 is 14.9 Å². The first kappa shape index (κ1) is 11.7. The van der Waals surface area contributed by atoms with Crippen molar-refractivity contribution in [2.24, 2.45) is 0 Å². The normalized spacial score (nSPS) is 14.1. The van der Waals surface area contributed by atoms with E-state index in [1.54, 1.807) is 0 Å². The quantitative estimate of drug-likeness (QED) is 0.743. The molecule has 2 unspecified atom stereocenters. The van der Waals surface area contributed by atoms with Gasteiger partial charge in [0.2, 0.25) is 5.88 Å². The van der Waals surface area contributed by atoms with Crippen LogP contribution in [0.5, 0.6) is 5.88 Å². The molecule has 0 fully saturated rings.